The average Bonchev–Trinajstić information content (AvgIpc) is 2.17. The van der Waals surface area contributed by atoms with Crippen molar-refractivity contribution in [3.63, 3.8) is 0 Å². The molecule has 0 radical (unpaired) electrons. The van der Waals surface area contributed by atoms with Crippen LogP contribution in [0.4, 0.5) is 0 Å². The molecule has 0 amide bonds. The smallest absolute Gasteiger partial charge is 0.00323 e. The van der Waals surface area contributed by atoms with Crippen molar-refractivity contribution in [3.05, 3.63) is 12.2 Å². The lowest BCUT2D eigenvalue weighted by Crippen LogP contribution is -1.79. The van der Waals surface area contributed by atoms with E-state index in [4.69, 9.17) is 0 Å². The van der Waals surface area contributed by atoms with Crippen molar-refractivity contribution < 1.29 is 0 Å². The second-order valence-corrected chi connectivity index (χ2v) is 4.80. The van der Waals surface area contributed by atoms with Gasteiger partial charge in [0.25, 0.3) is 0 Å². The van der Waals surface area contributed by atoms with Crippen molar-refractivity contribution in [2.24, 2.45) is 0 Å². The van der Waals surface area contributed by atoms with Crippen LogP contribution in [-0.4, -0.2) is 18.5 Å². The molecule has 1 rings (SSSR count). The molecular formula is C6H11P. The van der Waals surface area contributed by atoms with Gasteiger partial charge in [-0.1, -0.05) is 12.2 Å². The first kappa shape index (κ1) is 5.31. The Kier molecular flexibility index (Phi) is 1.21. The van der Waals surface area contributed by atoms with Crippen molar-refractivity contribution in [2.75, 3.05) is 12.8 Å². The van der Waals surface area contributed by atoms with Crippen LogP contribution in [0.15, 0.2) is 12.2 Å². The van der Waals surface area contributed by atoms with E-state index >= 15 is 0 Å². The Morgan fingerprint density at radius 2 is 2.29 bits per heavy atom. The van der Waals surface area contributed by atoms with Crippen LogP contribution in [0.1, 0.15) is 6.92 Å². The Morgan fingerprint density at radius 1 is 1.86 bits per heavy atom. The second kappa shape index (κ2) is 1.59. The highest BCUT2D eigenvalue weighted by molar-refractivity contribution is 7.65. The van der Waals surface area contributed by atoms with Gasteiger partial charge in [-0.05, 0) is 19.8 Å². The van der Waals surface area contributed by atoms with Crippen molar-refractivity contribution >= 4 is 7.92 Å². The predicted molar refractivity (Wildman–Crippen MR) is 36.3 cm³/mol. The monoisotopic (exact) mass is 114 g/mol. The Balaban J connectivity index is 2.33. The molecule has 1 aliphatic heterocycles. The zero-order valence-corrected chi connectivity index (χ0v) is 5.83. The predicted octanol–water partition coefficient (Wildman–Crippen LogP) is 2.06. The van der Waals surface area contributed by atoms with Gasteiger partial charge in [-0.2, -0.15) is 0 Å². The van der Waals surface area contributed by atoms with Gasteiger partial charge < -0.3 is 0 Å². The summed E-state index contributed by atoms with van der Waals surface area (Å²) in [7, 11) is 0.427. The van der Waals surface area contributed by atoms with E-state index < -0.39 is 0 Å². The molecule has 1 heteroatoms. The minimum atomic E-state index is 0.427. The van der Waals surface area contributed by atoms with Crippen LogP contribution < -0.4 is 0 Å². The summed E-state index contributed by atoms with van der Waals surface area (Å²) in [5.74, 6) is 0. The minimum absolute atomic E-state index is 0.427. The van der Waals surface area contributed by atoms with Crippen LogP contribution in [0.3, 0.4) is 0 Å². The summed E-state index contributed by atoms with van der Waals surface area (Å²) in [5, 5.41) is 0. The first-order chi connectivity index (χ1) is 3.22. The van der Waals surface area contributed by atoms with Crippen molar-refractivity contribution in [1.82, 2.24) is 0 Å². The third-order valence-corrected chi connectivity index (χ3v) is 3.59. The normalized spacial score (nSPS) is 38.0. The molecule has 40 valence electrons. The van der Waals surface area contributed by atoms with Crippen LogP contribution in [0.5, 0.6) is 0 Å². The van der Waals surface area contributed by atoms with Gasteiger partial charge in [-0.3, -0.25) is 0 Å². The van der Waals surface area contributed by atoms with Crippen molar-refractivity contribution in [3.8, 4) is 0 Å². The molecular weight excluding hydrogens is 103 g/mol. The fourth-order valence-corrected chi connectivity index (χ4v) is 2.76. The fraction of sp³-hybridized carbons (Fsp3) is 0.667. The molecule has 0 aromatic heterocycles. The van der Waals surface area contributed by atoms with Gasteiger partial charge in [0.05, 0.1) is 0 Å². The largest absolute Gasteiger partial charge is 0.101 e. The van der Waals surface area contributed by atoms with Crippen LogP contribution >= 0.6 is 7.92 Å². The van der Waals surface area contributed by atoms with Crippen LogP contribution in [0.25, 0.3) is 0 Å². The maximum Gasteiger partial charge on any atom is 0.00323 e. The molecule has 7 heavy (non-hydrogen) atoms. The summed E-state index contributed by atoms with van der Waals surface area (Å²) in [6.45, 7) is 8.36. The third kappa shape index (κ3) is 1.04. The Hall–Kier alpha value is 0.170. The second-order valence-electron chi connectivity index (χ2n) is 2.30. The lowest BCUT2D eigenvalue weighted by atomic mass is 10.3. The zero-order valence-electron chi connectivity index (χ0n) is 4.94. The first-order valence-electron chi connectivity index (χ1n) is 2.57. The number of hydrogen-bond donors (Lipinski definition) is 0. The molecule has 2 unspecified atom stereocenters. The van der Waals surface area contributed by atoms with E-state index in [9.17, 15) is 0 Å². The molecule has 1 heterocycles. The van der Waals surface area contributed by atoms with Gasteiger partial charge in [0.2, 0.25) is 0 Å². The number of rotatable bonds is 1. The molecule has 0 spiro atoms. The van der Waals surface area contributed by atoms with E-state index in [2.05, 4.69) is 20.2 Å². The summed E-state index contributed by atoms with van der Waals surface area (Å²) in [6.07, 6.45) is 1.45. The van der Waals surface area contributed by atoms with Crippen LogP contribution in [-0.2, 0) is 0 Å². The van der Waals surface area contributed by atoms with E-state index in [0.29, 0.717) is 7.92 Å². The molecule has 0 aromatic rings. The van der Waals surface area contributed by atoms with Crippen molar-refractivity contribution in [1.29, 1.82) is 0 Å². The van der Waals surface area contributed by atoms with Gasteiger partial charge in [-0.15, -0.1) is 7.92 Å². The minimum Gasteiger partial charge on any atom is -0.101 e. The number of allylic oxidation sites excluding steroid dienone is 1. The average molecular weight is 114 g/mol. The molecule has 0 aliphatic carbocycles. The van der Waals surface area contributed by atoms with Gasteiger partial charge in [0.1, 0.15) is 0 Å². The molecule has 0 aromatic carbocycles. The Labute approximate surface area is 46.4 Å². The number of hydrogen-bond acceptors (Lipinski definition) is 0. The summed E-state index contributed by atoms with van der Waals surface area (Å²) >= 11 is 0. The zero-order chi connectivity index (χ0) is 5.44. The van der Waals surface area contributed by atoms with E-state index in [-0.39, 0.29) is 0 Å². The van der Waals surface area contributed by atoms with Gasteiger partial charge >= 0.3 is 0 Å². The van der Waals surface area contributed by atoms with E-state index in [0.717, 1.165) is 5.66 Å². The summed E-state index contributed by atoms with van der Waals surface area (Å²) in [4.78, 5) is 0. The highest BCUT2D eigenvalue weighted by atomic mass is 31.1. The summed E-state index contributed by atoms with van der Waals surface area (Å²) in [5.41, 5.74) is 2.34. The standard InChI is InChI=1S/C6H11P/c1-5(2)6-4-7(6)3/h6H,1,4H2,2-3H3. The van der Waals surface area contributed by atoms with Crippen molar-refractivity contribution in [2.45, 2.75) is 12.6 Å². The Morgan fingerprint density at radius 3 is 2.29 bits per heavy atom. The molecule has 0 bridgehead atoms. The quantitative estimate of drug-likeness (QED) is 0.361. The van der Waals surface area contributed by atoms with Crippen LogP contribution in [0.2, 0.25) is 0 Å². The van der Waals surface area contributed by atoms with Gasteiger partial charge in [-0.25, -0.2) is 0 Å². The molecule has 0 nitrogen and oxygen atoms in total. The lowest BCUT2D eigenvalue weighted by Gasteiger charge is -1.87. The van der Waals surface area contributed by atoms with E-state index in [1.165, 1.54) is 11.7 Å². The molecule has 2 atom stereocenters. The van der Waals surface area contributed by atoms with Crippen LogP contribution in [0, 0.1) is 0 Å². The maximum absolute atomic E-state index is 3.88. The topological polar surface area (TPSA) is 0 Å². The highest BCUT2D eigenvalue weighted by Crippen LogP contribution is 2.58. The third-order valence-electron chi connectivity index (χ3n) is 1.43. The van der Waals surface area contributed by atoms with E-state index in [1.54, 1.807) is 0 Å². The maximum atomic E-state index is 3.88. The molecule has 1 saturated heterocycles. The highest BCUT2D eigenvalue weighted by Gasteiger charge is 2.31. The molecule has 0 saturated carbocycles. The summed E-state index contributed by atoms with van der Waals surface area (Å²) < 4.78 is 0. The van der Waals surface area contributed by atoms with E-state index in [1.807, 2.05) is 0 Å². The molecule has 0 N–H and O–H groups in total. The lowest BCUT2D eigenvalue weighted by molar-refractivity contribution is 1.25. The van der Waals surface area contributed by atoms with Gasteiger partial charge in [0.15, 0.2) is 0 Å². The first-order valence-corrected chi connectivity index (χ1v) is 4.62. The van der Waals surface area contributed by atoms with Gasteiger partial charge in [0, 0.05) is 5.66 Å². The molecule has 1 aliphatic rings. The Bertz CT molecular complexity index is 96.4. The fourth-order valence-electron chi connectivity index (χ4n) is 0.758. The molecule has 1 fully saturated rings. The SMILES string of the molecule is C=C(C)C1CP1C. The summed E-state index contributed by atoms with van der Waals surface area (Å²) in [6, 6.07) is 0.